The predicted molar refractivity (Wildman–Crippen MR) is 52.2 cm³/mol. The van der Waals surface area contributed by atoms with Crippen molar-refractivity contribution in [1.82, 2.24) is 0 Å². The smallest absolute Gasteiger partial charge is 0.149 e. The summed E-state index contributed by atoms with van der Waals surface area (Å²) in [5.41, 5.74) is 5.34. The number of rotatable bonds is 6. The summed E-state index contributed by atoms with van der Waals surface area (Å²) in [6, 6.07) is -0.432. The molecule has 0 radical (unpaired) electrons. The third-order valence-corrected chi connectivity index (χ3v) is 2.73. The van der Waals surface area contributed by atoms with E-state index < -0.39 is 15.9 Å². The molecule has 1 atom stereocenters. The molecular formula is C8H17NO3S. The lowest BCUT2D eigenvalue weighted by atomic mass is 10.1. The van der Waals surface area contributed by atoms with E-state index in [2.05, 4.69) is 0 Å². The van der Waals surface area contributed by atoms with E-state index in [0.29, 0.717) is 19.3 Å². The zero-order valence-electron chi connectivity index (χ0n) is 8.12. The Bertz CT molecular complexity index is 257. The predicted octanol–water partition coefficient (Wildman–Crippen LogP) is 0.118. The zero-order valence-corrected chi connectivity index (χ0v) is 8.93. The third-order valence-electron chi connectivity index (χ3n) is 1.70. The van der Waals surface area contributed by atoms with Crippen molar-refractivity contribution >= 4 is 15.6 Å². The molecule has 0 aromatic heterocycles. The maximum Gasteiger partial charge on any atom is 0.149 e. The van der Waals surface area contributed by atoms with Gasteiger partial charge in [0.25, 0.3) is 0 Å². The lowest BCUT2D eigenvalue weighted by Crippen LogP contribution is -2.26. The van der Waals surface area contributed by atoms with Crippen molar-refractivity contribution in [2.75, 3.05) is 12.0 Å². The van der Waals surface area contributed by atoms with Crippen LogP contribution in [0.15, 0.2) is 0 Å². The minimum absolute atomic E-state index is 0.00602. The van der Waals surface area contributed by atoms with Crippen LogP contribution in [0, 0.1) is 0 Å². The number of Topliss-reactive ketones (excluding diaryl/α,β-unsaturated/α-hetero) is 1. The van der Waals surface area contributed by atoms with Gasteiger partial charge >= 0.3 is 0 Å². The van der Waals surface area contributed by atoms with Crippen LogP contribution >= 0.6 is 0 Å². The first-order valence-electron chi connectivity index (χ1n) is 4.29. The first-order chi connectivity index (χ1) is 5.83. The van der Waals surface area contributed by atoms with Gasteiger partial charge in [0.15, 0.2) is 0 Å². The highest BCUT2D eigenvalue weighted by molar-refractivity contribution is 7.90. The van der Waals surface area contributed by atoms with Crippen molar-refractivity contribution in [3.63, 3.8) is 0 Å². The number of sulfone groups is 1. The Hall–Kier alpha value is -0.420. The van der Waals surface area contributed by atoms with E-state index >= 15 is 0 Å². The van der Waals surface area contributed by atoms with Crippen molar-refractivity contribution in [2.45, 2.75) is 32.2 Å². The van der Waals surface area contributed by atoms with Crippen molar-refractivity contribution in [1.29, 1.82) is 0 Å². The molecule has 0 unspecified atom stereocenters. The molecule has 2 N–H and O–H groups in total. The van der Waals surface area contributed by atoms with E-state index in [-0.39, 0.29) is 11.5 Å². The molecule has 0 amide bonds. The van der Waals surface area contributed by atoms with E-state index in [1.54, 1.807) is 6.92 Å². The normalized spacial score (nSPS) is 14.1. The van der Waals surface area contributed by atoms with Gasteiger partial charge in [0.05, 0.1) is 6.04 Å². The molecule has 78 valence electrons. The molecule has 0 bridgehead atoms. The van der Waals surface area contributed by atoms with Gasteiger partial charge in [-0.15, -0.1) is 0 Å². The summed E-state index contributed by atoms with van der Waals surface area (Å²) < 4.78 is 21.4. The van der Waals surface area contributed by atoms with Crippen LogP contribution in [0.4, 0.5) is 0 Å². The van der Waals surface area contributed by atoms with Crippen LogP contribution in [0.1, 0.15) is 26.2 Å². The fourth-order valence-electron chi connectivity index (χ4n) is 0.891. The lowest BCUT2D eigenvalue weighted by Gasteiger charge is -2.03. The Morgan fingerprint density at radius 2 is 1.92 bits per heavy atom. The third kappa shape index (κ3) is 7.93. The van der Waals surface area contributed by atoms with Gasteiger partial charge in [0.1, 0.15) is 15.6 Å². The van der Waals surface area contributed by atoms with Crippen LogP contribution in [0.5, 0.6) is 0 Å². The van der Waals surface area contributed by atoms with Crippen molar-refractivity contribution in [3.8, 4) is 0 Å². The SMILES string of the molecule is C[C@H](N)C(=O)CCCCS(C)(=O)=O. The van der Waals surface area contributed by atoms with E-state index in [9.17, 15) is 13.2 Å². The maximum atomic E-state index is 11.0. The van der Waals surface area contributed by atoms with Gasteiger partial charge in [-0.05, 0) is 19.8 Å². The van der Waals surface area contributed by atoms with Crippen LogP contribution in [0.2, 0.25) is 0 Å². The highest BCUT2D eigenvalue weighted by atomic mass is 32.2. The Labute approximate surface area is 79.4 Å². The largest absolute Gasteiger partial charge is 0.322 e. The first kappa shape index (κ1) is 12.6. The summed E-state index contributed by atoms with van der Waals surface area (Å²) in [6.07, 6.45) is 2.72. The fraction of sp³-hybridized carbons (Fsp3) is 0.875. The second-order valence-electron chi connectivity index (χ2n) is 3.34. The quantitative estimate of drug-likeness (QED) is 0.627. The van der Waals surface area contributed by atoms with Crippen LogP contribution < -0.4 is 5.73 Å². The summed E-state index contributed by atoms with van der Waals surface area (Å²) in [7, 11) is -2.88. The average Bonchev–Trinajstić information content (AvgIpc) is 1.95. The van der Waals surface area contributed by atoms with Crippen molar-refractivity contribution in [3.05, 3.63) is 0 Å². The summed E-state index contributed by atoms with van der Waals surface area (Å²) in [5.74, 6) is 0.146. The van der Waals surface area contributed by atoms with Crippen LogP contribution in [-0.2, 0) is 14.6 Å². The van der Waals surface area contributed by atoms with Gasteiger partial charge in [-0.1, -0.05) is 0 Å². The Morgan fingerprint density at radius 3 is 2.31 bits per heavy atom. The van der Waals surface area contributed by atoms with E-state index in [4.69, 9.17) is 5.73 Å². The van der Waals surface area contributed by atoms with Gasteiger partial charge in [0, 0.05) is 18.4 Å². The molecule has 0 aromatic rings. The second-order valence-corrected chi connectivity index (χ2v) is 5.60. The number of carbonyl (C=O) groups excluding carboxylic acids is 1. The number of ketones is 1. The monoisotopic (exact) mass is 207 g/mol. The molecule has 0 rings (SSSR count). The van der Waals surface area contributed by atoms with E-state index in [1.165, 1.54) is 6.26 Å². The Morgan fingerprint density at radius 1 is 1.38 bits per heavy atom. The van der Waals surface area contributed by atoms with E-state index in [1.807, 2.05) is 0 Å². The lowest BCUT2D eigenvalue weighted by molar-refractivity contribution is -0.120. The number of carbonyl (C=O) groups is 1. The summed E-state index contributed by atoms with van der Waals surface area (Å²) in [4.78, 5) is 11.0. The number of hydrogen-bond donors (Lipinski definition) is 1. The molecule has 0 saturated carbocycles. The molecular weight excluding hydrogens is 190 g/mol. The molecule has 0 aliphatic carbocycles. The molecule has 0 saturated heterocycles. The Kier molecular flexibility index (Phi) is 5.17. The van der Waals surface area contributed by atoms with Gasteiger partial charge in [-0.25, -0.2) is 8.42 Å². The summed E-state index contributed by atoms with van der Waals surface area (Å²) in [5, 5.41) is 0. The first-order valence-corrected chi connectivity index (χ1v) is 6.35. The van der Waals surface area contributed by atoms with Crippen LogP contribution in [0.3, 0.4) is 0 Å². The topological polar surface area (TPSA) is 77.2 Å². The summed E-state index contributed by atoms with van der Waals surface area (Å²) in [6.45, 7) is 1.64. The molecule has 0 spiro atoms. The molecule has 0 aromatic carbocycles. The van der Waals surface area contributed by atoms with Gasteiger partial charge in [0.2, 0.25) is 0 Å². The minimum Gasteiger partial charge on any atom is -0.322 e. The van der Waals surface area contributed by atoms with Crippen molar-refractivity contribution < 1.29 is 13.2 Å². The highest BCUT2D eigenvalue weighted by Gasteiger charge is 2.07. The van der Waals surface area contributed by atoms with Gasteiger partial charge in [-0.3, -0.25) is 4.79 Å². The van der Waals surface area contributed by atoms with Gasteiger partial charge < -0.3 is 5.73 Å². The molecule has 0 aliphatic heterocycles. The van der Waals surface area contributed by atoms with Gasteiger partial charge in [-0.2, -0.15) is 0 Å². The summed E-state index contributed by atoms with van der Waals surface area (Å²) >= 11 is 0. The highest BCUT2D eigenvalue weighted by Crippen LogP contribution is 2.00. The van der Waals surface area contributed by atoms with Crippen LogP contribution in [0.25, 0.3) is 0 Å². The second kappa shape index (κ2) is 5.34. The maximum absolute atomic E-state index is 11.0. The number of nitrogens with two attached hydrogens (primary N) is 1. The zero-order chi connectivity index (χ0) is 10.5. The molecule has 5 heteroatoms. The van der Waals surface area contributed by atoms with Crippen LogP contribution in [-0.4, -0.2) is 32.3 Å². The number of unbranched alkanes of at least 4 members (excludes halogenated alkanes) is 1. The Balaban J connectivity index is 3.53. The standard InChI is InChI=1S/C8H17NO3S/c1-7(9)8(10)5-3-4-6-13(2,11)12/h7H,3-6,9H2,1-2H3/t7-/m0/s1. The van der Waals surface area contributed by atoms with E-state index in [0.717, 1.165) is 0 Å². The number of hydrogen-bond acceptors (Lipinski definition) is 4. The minimum atomic E-state index is -2.88. The molecule has 0 heterocycles. The molecule has 4 nitrogen and oxygen atoms in total. The van der Waals surface area contributed by atoms with Crippen molar-refractivity contribution in [2.24, 2.45) is 5.73 Å². The molecule has 0 aliphatic rings. The molecule has 0 fully saturated rings. The molecule has 13 heavy (non-hydrogen) atoms. The average molecular weight is 207 g/mol. The fourth-order valence-corrected chi connectivity index (χ4v) is 1.62.